The van der Waals surface area contributed by atoms with Gasteiger partial charge in [-0.1, -0.05) is 20.8 Å². The molecule has 1 heterocycles. The van der Waals surface area contributed by atoms with Gasteiger partial charge in [0, 0.05) is 12.0 Å². The highest BCUT2D eigenvalue weighted by atomic mass is 19.4. The van der Waals surface area contributed by atoms with Gasteiger partial charge in [0.15, 0.2) is 0 Å². The van der Waals surface area contributed by atoms with Gasteiger partial charge in [-0.25, -0.2) is 15.2 Å². The highest BCUT2D eigenvalue weighted by Gasteiger charge is 2.41. The van der Waals surface area contributed by atoms with Crippen molar-refractivity contribution in [2.24, 2.45) is 11.8 Å². The first kappa shape index (κ1) is 20.5. The van der Waals surface area contributed by atoms with Gasteiger partial charge in [-0.05, 0) is 43.7 Å². The van der Waals surface area contributed by atoms with Crippen molar-refractivity contribution in [2.45, 2.75) is 58.0 Å². The summed E-state index contributed by atoms with van der Waals surface area (Å²) in [7, 11) is 0. The van der Waals surface area contributed by atoms with Crippen molar-refractivity contribution < 1.29 is 23.1 Å². The Labute approximate surface area is 151 Å². The van der Waals surface area contributed by atoms with Crippen molar-refractivity contribution in [3.05, 3.63) is 23.4 Å². The Morgan fingerprint density at radius 3 is 2.31 bits per heavy atom. The van der Waals surface area contributed by atoms with Crippen LogP contribution in [0, 0.1) is 11.8 Å². The van der Waals surface area contributed by atoms with Crippen LogP contribution in [0.3, 0.4) is 0 Å². The number of halogens is 3. The molecule has 26 heavy (non-hydrogen) atoms. The van der Waals surface area contributed by atoms with Crippen LogP contribution >= 0.6 is 0 Å². The van der Waals surface area contributed by atoms with E-state index in [4.69, 9.17) is 0 Å². The molecule has 1 aromatic heterocycles. The Morgan fingerprint density at radius 1 is 1.19 bits per heavy atom. The lowest BCUT2D eigenvalue weighted by molar-refractivity contribution is -0.183. The van der Waals surface area contributed by atoms with Gasteiger partial charge in [-0.2, -0.15) is 13.2 Å². The van der Waals surface area contributed by atoms with Gasteiger partial charge in [0.2, 0.25) is 0 Å². The molecule has 146 valence electrons. The normalized spacial score (nSPS) is 21.5. The van der Waals surface area contributed by atoms with Gasteiger partial charge in [-0.15, -0.1) is 0 Å². The number of carboxylic acids is 1. The van der Waals surface area contributed by atoms with Crippen molar-refractivity contribution in [1.82, 2.24) is 10.4 Å². The molecule has 0 aromatic carbocycles. The lowest BCUT2D eigenvalue weighted by Gasteiger charge is -2.30. The van der Waals surface area contributed by atoms with E-state index in [1.54, 1.807) is 6.07 Å². The number of nitrogens with one attached hydrogen (secondary N) is 2. The average Bonchev–Trinajstić information content (AvgIpc) is 2.53. The number of hydrogen-bond acceptors (Lipinski definition) is 4. The number of carbonyl (C=O) groups is 1. The molecule has 0 bridgehead atoms. The van der Waals surface area contributed by atoms with Crippen molar-refractivity contribution >= 4 is 11.8 Å². The number of hydrogen-bond donors (Lipinski definition) is 3. The first-order valence-corrected chi connectivity index (χ1v) is 8.79. The third-order valence-corrected chi connectivity index (χ3v) is 4.75. The molecule has 1 aliphatic carbocycles. The minimum Gasteiger partial charge on any atom is -0.478 e. The van der Waals surface area contributed by atoms with Gasteiger partial charge in [0.1, 0.15) is 5.82 Å². The summed E-state index contributed by atoms with van der Waals surface area (Å²) < 4.78 is 38.1. The molecule has 1 aromatic rings. The summed E-state index contributed by atoms with van der Waals surface area (Å²) in [6.07, 6.45) is -2.66. The second-order valence-electron chi connectivity index (χ2n) is 7.91. The van der Waals surface area contributed by atoms with Gasteiger partial charge in [0.25, 0.3) is 0 Å². The predicted molar refractivity (Wildman–Crippen MR) is 93.0 cm³/mol. The number of anilines is 1. The zero-order valence-corrected chi connectivity index (χ0v) is 15.3. The maximum absolute atomic E-state index is 12.7. The number of hydrazine groups is 1. The molecule has 1 aliphatic rings. The molecule has 2 rings (SSSR count). The fourth-order valence-corrected chi connectivity index (χ4v) is 3.25. The van der Waals surface area contributed by atoms with Gasteiger partial charge in [0.05, 0.1) is 17.2 Å². The number of aromatic nitrogens is 1. The summed E-state index contributed by atoms with van der Waals surface area (Å²) in [5.74, 6) is -1.53. The molecular formula is C18H26F3N3O2. The SMILES string of the molecule is CC(C)(C)c1nc(NNCC2CCC(C(F)(F)F)CC2)ccc1C(=O)O. The maximum Gasteiger partial charge on any atom is 0.391 e. The van der Waals surface area contributed by atoms with Crippen LogP contribution < -0.4 is 10.9 Å². The van der Waals surface area contributed by atoms with Crippen LogP contribution in [0.2, 0.25) is 0 Å². The van der Waals surface area contributed by atoms with Crippen LogP contribution in [0.15, 0.2) is 12.1 Å². The van der Waals surface area contributed by atoms with Gasteiger partial charge in [-0.3, -0.25) is 0 Å². The van der Waals surface area contributed by atoms with Crippen LogP contribution in [0.1, 0.15) is 62.5 Å². The second kappa shape index (κ2) is 7.82. The van der Waals surface area contributed by atoms with Crippen molar-refractivity contribution in [2.75, 3.05) is 12.0 Å². The van der Waals surface area contributed by atoms with Crippen LogP contribution in [-0.2, 0) is 5.41 Å². The standard InChI is InChI=1S/C18H26F3N3O2/c1-17(2,3)15-13(16(25)26)8-9-14(23-15)24-22-10-11-4-6-12(7-5-11)18(19,20)21/h8-9,11-12,22H,4-7,10H2,1-3H3,(H,23,24)(H,25,26). The van der Waals surface area contributed by atoms with E-state index in [-0.39, 0.29) is 24.3 Å². The highest BCUT2D eigenvalue weighted by molar-refractivity contribution is 5.89. The van der Waals surface area contributed by atoms with Crippen molar-refractivity contribution in [1.29, 1.82) is 0 Å². The maximum atomic E-state index is 12.7. The van der Waals surface area contributed by atoms with E-state index in [1.165, 1.54) is 6.07 Å². The molecule has 0 unspecified atom stereocenters. The lowest BCUT2D eigenvalue weighted by Crippen LogP contribution is -2.34. The zero-order chi connectivity index (χ0) is 19.5. The minimum atomic E-state index is -4.09. The molecule has 0 spiro atoms. The van der Waals surface area contributed by atoms with E-state index in [0.29, 0.717) is 30.9 Å². The third-order valence-electron chi connectivity index (χ3n) is 4.75. The zero-order valence-electron chi connectivity index (χ0n) is 15.3. The lowest BCUT2D eigenvalue weighted by atomic mass is 9.82. The third kappa shape index (κ3) is 5.33. The number of rotatable bonds is 5. The topological polar surface area (TPSA) is 74.2 Å². The number of nitrogens with zero attached hydrogens (tertiary/aromatic N) is 1. The smallest absolute Gasteiger partial charge is 0.391 e. The quantitative estimate of drug-likeness (QED) is 0.669. The number of alkyl halides is 3. The molecule has 1 saturated carbocycles. The first-order valence-electron chi connectivity index (χ1n) is 8.79. The molecule has 1 fully saturated rings. The minimum absolute atomic E-state index is 0.161. The monoisotopic (exact) mass is 373 g/mol. The Morgan fingerprint density at radius 2 is 1.81 bits per heavy atom. The molecule has 0 amide bonds. The van der Waals surface area contributed by atoms with E-state index in [1.807, 2.05) is 20.8 Å². The van der Waals surface area contributed by atoms with E-state index in [0.717, 1.165) is 0 Å². The first-order chi connectivity index (χ1) is 12.0. The van der Waals surface area contributed by atoms with Crippen molar-refractivity contribution in [3.8, 4) is 0 Å². The molecule has 0 atom stereocenters. The summed E-state index contributed by atoms with van der Waals surface area (Å²) in [5, 5.41) is 9.29. The number of pyridine rings is 1. The molecule has 3 N–H and O–H groups in total. The summed E-state index contributed by atoms with van der Waals surface area (Å²) >= 11 is 0. The predicted octanol–water partition coefficient (Wildman–Crippen LogP) is 4.36. The molecule has 8 heteroatoms. The molecule has 5 nitrogen and oxygen atoms in total. The number of carboxylic acid groups (broad SMARTS) is 1. The van der Waals surface area contributed by atoms with E-state index >= 15 is 0 Å². The van der Waals surface area contributed by atoms with Crippen LogP contribution in [0.4, 0.5) is 19.0 Å². The molecule has 0 aliphatic heterocycles. The Hall–Kier alpha value is -1.83. The molecule has 0 radical (unpaired) electrons. The van der Waals surface area contributed by atoms with E-state index < -0.39 is 23.5 Å². The fourth-order valence-electron chi connectivity index (χ4n) is 3.25. The van der Waals surface area contributed by atoms with E-state index in [9.17, 15) is 23.1 Å². The second-order valence-corrected chi connectivity index (χ2v) is 7.91. The number of aromatic carboxylic acids is 1. The largest absolute Gasteiger partial charge is 0.478 e. The van der Waals surface area contributed by atoms with Crippen LogP contribution in [-0.4, -0.2) is 28.8 Å². The Balaban J connectivity index is 1.90. The Kier molecular flexibility index (Phi) is 6.16. The summed E-state index contributed by atoms with van der Waals surface area (Å²) in [5.41, 5.74) is 6.15. The molecule has 0 saturated heterocycles. The van der Waals surface area contributed by atoms with Crippen LogP contribution in [0.25, 0.3) is 0 Å². The Bertz CT molecular complexity index is 634. The van der Waals surface area contributed by atoms with E-state index in [2.05, 4.69) is 15.8 Å². The van der Waals surface area contributed by atoms with Crippen LogP contribution in [0.5, 0.6) is 0 Å². The average molecular weight is 373 g/mol. The fraction of sp³-hybridized carbons (Fsp3) is 0.667. The highest BCUT2D eigenvalue weighted by Crippen LogP contribution is 2.39. The summed E-state index contributed by atoms with van der Waals surface area (Å²) in [6.45, 7) is 6.20. The summed E-state index contributed by atoms with van der Waals surface area (Å²) in [4.78, 5) is 15.7. The molecular weight excluding hydrogens is 347 g/mol. The van der Waals surface area contributed by atoms with Crippen molar-refractivity contribution in [3.63, 3.8) is 0 Å². The summed E-state index contributed by atoms with van der Waals surface area (Å²) in [6, 6.07) is 3.08. The van der Waals surface area contributed by atoms with Gasteiger partial charge >= 0.3 is 12.1 Å². The van der Waals surface area contributed by atoms with Gasteiger partial charge < -0.3 is 10.5 Å².